The van der Waals surface area contributed by atoms with Gasteiger partial charge < -0.3 is 10.0 Å². The number of thioether (sulfide) groups is 1. The SMILES string of the molecule is O=C(O)C1CSCCN1C(=O)c1ccc(Cl)cc1Cl. The molecule has 1 unspecified atom stereocenters. The molecule has 1 N–H and O–H groups in total. The van der Waals surface area contributed by atoms with Crippen LogP contribution < -0.4 is 0 Å². The molecule has 0 aliphatic carbocycles. The van der Waals surface area contributed by atoms with Crippen LogP contribution in [0.5, 0.6) is 0 Å². The average Bonchev–Trinajstić information content (AvgIpc) is 2.38. The molecule has 1 fully saturated rings. The minimum atomic E-state index is -0.995. The van der Waals surface area contributed by atoms with Crippen LogP contribution in [0.4, 0.5) is 0 Å². The van der Waals surface area contributed by atoms with Gasteiger partial charge in [0.2, 0.25) is 0 Å². The van der Waals surface area contributed by atoms with Crippen LogP contribution in [0.25, 0.3) is 0 Å². The summed E-state index contributed by atoms with van der Waals surface area (Å²) in [6.45, 7) is 0.402. The van der Waals surface area contributed by atoms with Crippen molar-refractivity contribution in [2.75, 3.05) is 18.1 Å². The fraction of sp³-hybridized carbons (Fsp3) is 0.333. The molecule has 0 saturated carbocycles. The molecule has 4 nitrogen and oxygen atoms in total. The van der Waals surface area contributed by atoms with E-state index in [1.807, 2.05) is 0 Å². The number of carbonyl (C=O) groups excluding carboxylic acids is 1. The van der Waals surface area contributed by atoms with Crippen LogP contribution in [0.15, 0.2) is 18.2 Å². The van der Waals surface area contributed by atoms with E-state index in [1.54, 1.807) is 6.07 Å². The molecule has 1 heterocycles. The number of carboxylic acid groups (broad SMARTS) is 1. The van der Waals surface area contributed by atoms with E-state index < -0.39 is 12.0 Å². The number of hydrogen-bond donors (Lipinski definition) is 1. The first-order valence-corrected chi connectivity index (χ1v) is 7.48. The Bertz CT molecular complexity index is 524. The lowest BCUT2D eigenvalue weighted by Gasteiger charge is -2.32. The van der Waals surface area contributed by atoms with Gasteiger partial charge in [0.05, 0.1) is 10.6 Å². The third-order valence-electron chi connectivity index (χ3n) is 2.84. The van der Waals surface area contributed by atoms with Gasteiger partial charge in [-0.15, -0.1) is 0 Å². The van der Waals surface area contributed by atoms with Crippen LogP contribution in [0.2, 0.25) is 10.0 Å². The van der Waals surface area contributed by atoms with E-state index >= 15 is 0 Å². The number of carboxylic acids is 1. The van der Waals surface area contributed by atoms with Crippen molar-refractivity contribution in [1.82, 2.24) is 4.90 Å². The summed E-state index contributed by atoms with van der Waals surface area (Å²) in [5, 5.41) is 9.83. The molecule has 1 amide bonds. The van der Waals surface area contributed by atoms with Gasteiger partial charge in [0, 0.05) is 23.1 Å². The monoisotopic (exact) mass is 319 g/mol. The summed E-state index contributed by atoms with van der Waals surface area (Å²) >= 11 is 13.3. The topological polar surface area (TPSA) is 57.6 Å². The molecule has 0 radical (unpaired) electrons. The summed E-state index contributed by atoms with van der Waals surface area (Å²) in [5.41, 5.74) is 0.282. The van der Waals surface area contributed by atoms with Crippen LogP contribution in [-0.2, 0) is 4.79 Å². The Kier molecular flexibility index (Phi) is 4.60. The lowest BCUT2D eigenvalue weighted by atomic mass is 10.1. The first-order chi connectivity index (χ1) is 9.00. The van der Waals surface area contributed by atoms with Crippen molar-refractivity contribution in [2.24, 2.45) is 0 Å². The maximum atomic E-state index is 12.4. The molecule has 1 aliphatic heterocycles. The summed E-state index contributed by atoms with van der Waals surface area (Å²) < 4.78 is 0. The summed E-state index contributed by atoms with van der Waals surface area (Å²) in [7, 11) is 0. The second-order valence-electron chi connectivity index (χ2n) is 4.05. The number of halogens is 2. The first kappa shape index (κ1) is 14.5. The third-order valence-corrected chi connectivity index (χ3v) is 4.41. The molecule has 1 aromatic carbocycles. The maximum absolute atomic E-state index is 12.4. The molecule has 1 atom stereocenters. The summed E-state index contributed by atoms with van der Waals surface area (Å²) in [6, 6.07) is 3.76. The van der Waals surface area contributed by atoms with Crippen LogP contribution >= 0.6 is 35.0 Å². The highest BCUT2D eigenvalue weighted by Gasteiger charge is 2.33. The van der Waals surface area contributed by atoms with Crippen molar-refractivity contribution in [3.63, 3.8) is 0 Å². The Labute approximate surface area is 124 Å². The molecule has 1 aliphatic rings. The second kappa shape index (κ2) is 6.03. The Hall–Kier alpha value is -0.910. The van der Waals surface area contributed by atoms with Gasteiger partial charge >= 0.3 is 5.97 Å². The molecule has 1 aromatic rings. The molecule has 102 valence electrons. The zero-order valence-electron chi connectivity index (χ0n) is 9.81. The number of benzene rings is 1. The van der Waals surface area contributed by atoms with Gasteiger partial charge in [-0.2, -0.15) is 11.8 Å². The van der Waals surface area contributed by atoms with E-state index in [2.05, 4.69) is 0 Å². The predicted octanol–water partition coefficient (Wildman–Crippen LogP) is 2.64. The van der Waals surface area contributed by atoms with Crippen LogP contribution in [0.3, 0.4) is 0 Å². The van der Waals surface area contributed by atoms with Crippen LogP contribution in [-0.4, -0.2) is 46.0 Å². The Balaban J connectivity index is 2.28. The van der Waals surface area contributed by atoms with Gasteiger partial charge in [-0.05, 0) is 18.2 Å². The Morgan fingerprint density at radius 3 is 2.74 bits per heavy atom. The summed E-state index contributed by atoms with van der Waals surface area (Å²) in [5.74, 6) is -0.243. The first-order valence-electron chi connectivity index (χ1n) is 5.57. The highest BCUT2D eigenvalue weighted by atomic mass is 35.5. The van der Waals surface area contributed by atoms with Crippen molar-refractivity contribution >= 4 is 46.8 Å². The number of carbonyl (C=O) groups is 2. The van der Waals surface area contributed by atoms with E-state index in [-0.39, 0.29) is 16.5 Å². The van der Waals surface area contributed by atoms with E-state index in [0.29, 0.717) is 17.3 Å². The van der Waals surface area contributed by atoms with E-state index in [9.17, 15) is 9.59 Å². The highest BCUT2D eigenvalue weighted by Crippen LogP contribution is 2.25. The minimum Gasteiger partial charge on any atom is -0.480 e. The Morgan fingerprint density at radius 2 is 2.11 bits per heavy atom. The van der Waals surface area contributed by atoms with Gasteiger partial charge in [-0.25, -0.2) is 4.79 Å². The normalized spacial score (nSPS) is 19.3. The van der Waals surface area contributed by atoms with Gasteiger partial charge in [-0.1, -0.05) is 23.2 Å². The molecule has 0 bridgehead atoms. The number of hydrogen-bond acceptors (Lipinski definition) is 3. The van der Waals surface area contributed by atoms with Gasteiger partial charge in [0.15, 0.2) is 0 Å². The zero-order chi connectivity index (χ0) is 14.0. The molecule has 7 heteroatoms. The number of rotatable bonds is 2. The van der Waals surface area contributed by atoms with Crippen molar-refractivity contribution in [2.45, 2.75) is 6.04 Å². The van der Waals surface area contributed by atoms with Crippen molar-refractivity contribution < 1.29 is 14.7 Å². The third kappa shape index (κ3) is 3.16. The maximum Gasteiger partial charge on any atom is 0.327 e. The highest BCUT2D eigenvalue weighted by molar-refractivity contribution is 7.99. The summed E-state index contributed by atoms with van der Waals surface area (Å²) in [6.07, 6.45) is 0. The van der Waals surface area contributed by atoms with E-state index in [0.717, 1.165) is 5.75 Å². The molecule has 19 heavy (non-hydrogen) atoms. The van der Waals surface area contributed by atoms with Gasteiger partial charge in [-0.3, -0.25) is 4.79 Å². The molecule has 2 rings (SSSR count). The molecule has 1 saturated heterocycles. The van der Waals surface area contributed by atoms with Crippen LogP contribution in [0, 0.1) is 0 Å². The standard InChI is InChI=1S/C12H11Cl2NO3S/c13-7-1-2-8(9(14)5-7)11(16)15-3-4-19-6-10(15)12(17)18/h1-2,5,10H,3-4,6H2,(H,17,18). The van der Waals surface area contributed by atoms with E-state index in [1.165, 1.54) is 28.8 Å². The molecular weight excluding hydrogens is 309 g/mol. The molecular formula is C12H11Cl2NO3S. The minimum absolute atomic E-state index is 0.236. The van der Waals surface area contributed by atoms with E-state index in [4.69, 9.17) is 28.3 Å². The smallest absolute Gasteiger partial charge is 0.327 e. The quantitative estimate of drug-likeness (QED) is 0.910. The Morgan fingerprint density at radius 1 is 1.37 bits per heavy atom. The number of amides is 1. The van der Waals surface area contributed by atoms with Gasteiger partial charge in [0.1, 0.15) is 6.04 Å². The fourth-order valence-corrected chi connectivity index (χ4v) is 3.40. The largest absolute Gasteiger partial charge is 0.480 e. The van der Waals surface area contributed by atoms with Crippen molar-refractivity contribution in [3.8, 4) is 0 Å². The summed E-state index contributed by atoms with van der Waals surface area (Å²) in [4.78, 5) is 24.9. The average molecular weight is 320 g/mol. The van der Waals surface area contributed by atoms with Crippen LogP contribution in [0.1, 0.15) is 10.4 Å². The molecule has 0 spiro atoms. The lowest BCUT2D eigenvalue weighted by molar-refractivity contribution is -0.141. The zero-order valence-corrected chi connectivity index (χ0v) is 12.1. The van der Waals surface area contributed by atoms with Crippen molar-refractivity contribution in [1.29, 1.82) is 0 Å². The number of nitrogens with zero attached hydrogens (tertiary/aromatic N) is 1. The number of aliphatic carboxylic acids is 1. The predicted molar refractivity (Wildman–Crippen MR) is 76.2 cm³/mol. The lowest BCUT2D eigenvalue weighted by Crippen LogP contribution is -2.50. The van der Waals surface area contributed by atoms with Crippen molar-refractivity contribution in [3.05, 3.63) is 33.8 Å². The molecule has 0 aromatic heterocycles. The van der Waals surface area contributed by atoms with Gasteiger partial charge in [0.25, 0.3) is 5.91 Å². The fourth-order valence-electron chi connectivity index (χ4n) is 1.87. The second-order valence-corrected chi connectivity index (χ2v) is 6.05.